The molecule has 78 valence electrons. The summed E-state index contributed by atoms with van der Waals surface area (Å²) in [7, 11) is 1.49. The number of aliphatic hydroxyl groups is 1. The van der Waals surface area contributed by atoms with E-state index < -0.39 is 5.60 Å². The molecule has 13 heavy (non-hydrogen) atoms. The first-order valence-electron chi connectivity index (χ1n) is 4.45. The van der Waals surface area contributed by atoms with Gasteiger partial charge in [0, 0.05) is 7.11 Å². The molecule has 0 aromatic heterocycles. The van der Waals surface area contributed by atoms with Gasteiger partial charge in [0.05, 0.1) is 25.2 Å². The first-order valence-corrected chi connectivity index (χ1v) is 4.45. The molecule has 0 aliphatic rings. The highest BCUT2D eigenvalue weighted by Gasteiger charge is 2.28. The molecule has 0 spiro atoms. The zero-order chi connectivity index (χ0) is 10.3. The van der Waals surface area contributed by atoms with Crippen LogP contribution in [0.3, 0.4) is 0 Å². The van der Waals surface area contributed by atoms with Crippen molar-refractivity contribution in [2.24, 2.45) is 0 Å². The minimum Gasteiger partial charge on any atom is -0.466 e. The van der Waals surface area contributed by atoms with Crippen LogP contribution in [-0.4, -0.2) is 37.0 Å². The van der Waals surface area contributed by atoms with E-state index in [0.29, 0.717) is 13.0 Å². The Hall–Kier alpha value is -0.610. The lowest BCUT2D eigenvalue weighted by atomic mass is 9.98. The summed E-state index contributed by atoms with van der Waals surface area (Å²) in [5.41, 5.74) is -1.08. The highest BCUT2D eigenvalue weighted by Crippen LogP contribution is 2.15. The summed E-state index contributed by atoms with van der Waals surface area (Å²) in [6.45, 7) is 4.03. The molecule has 0 aliphatic carbocycles. The van der Waals surface area contributed by atoms with Crippen molar-refractivity contribution >= 4 is 5.97 Å². The standard InChI is InChI=1S/C9H18O4/c1-4-9(11,7-12-3)6-8(10)13-5-2/h11H,4-7H2,1-3H3. The van der Waals surface area contributed by atoms with Crippen molar-refractivity contribution in [3.63, 3.8) is 0 Å². The van der Waals surface area contributed by atoms with Crippen LogP contribution >= 0.6 is 0 Å². The maximum absolute atomic E-state index is 11.1. The Morgan fingerprint density at radius 1 is 1.46 bits per heavy atom. The van der Waals surface area contributed by atoms with E-state index in [0.717, 1.165) is 0 Å². The monoisotopic (exact) mass is 190 g/mol. The molecule has 1 N–H and O–H groups in total. The summed E-state index contributed by atoms with van der Waals surface area (Å²) < 4.78 is 9.55. The molecule has 1 unspecified atom stereocenters. The van der Waals surface area contributed by atoms with E-state index in [2.05, 4.69) is 0 Å². The van der Waals surface area contributed by atoms with Crippen LogP contribution in [0.1, 0.15) is 26.7 Å². The van der Waals surface area contributed by atoms with Crippen LogP contribution in [0, 0.1) is 0 Å². The number of hydrogen-bond acceptors (Lipinski definition) is 4. The van der Waals surface area contributed by atoms with Gasteiger partial charge in [-0.25, -0.2) is 0 Å². The number of rotatable bonds is 6. The van der Waals surface area contributed by atoms with Crippen molar-refractivity contribution in [3.05, 3.63) is 0 Å². The first-order chi connectivity index (χ1) is 6.08. The van der Waals surface area contributed by atoms with Crippen molar-refractivity contribution in [1.82, 2.24) is 0 Å². The average Bonchev–Trinajstić information content (AvgIpc) is 2.05. The smallest absolute Gasteiger partial charge is 0.308 e. The van der Waals surface area contributed by atoms with Crippen LogP contribution in [0.2, 0.25) is 0 Å². The van der Waals surface area contributed by atoms with Crippen LogP contribution in [0.25, 0.3) is 0 Å². The molecule has 0 aromatic carbocycles. The van der Waals surface area contributed by atoms with E-state index in [1.807, 2.05) is 0 Å². The number of esters is 1. The normalized spacial score (nSPS) is 15.1. The highest BCUT2D eigenvalue weighted by atomic mass is 16.5. The lowest BCUT2D eigenvalue weighted by Crippen LogP contribution is -2.36. The van der Waals surface area contributed by atoms with Crippen LogP contribution in [0.15, 0.2) is 0 Å². The molecule has 0 bridgehead atoms. The second-order valence-corrected chi connectivity index (χ2v) is 2.99. The summed E-state index contributed by atoms with van der Waals surface area (Å²) in [5.74, 6) is -0.385. The second kappa shape index (κ2) is 5.94. The molecule has 1 atom stereocenters. The summed E-state index contributed by atoms with van der Waals surface area (Å²) in [6.07, 6.45) is 0.463. The maximum atomic E-state index is 11.1. The summed E-state index contributed by atoms with van der Waals surface area (Å²) in [5, 5.41) is 9.79. The zero-order valence-corrected chi connectivity index (χ0v) is 8.50. The molecular formula is C9H18O4. The van der Waals surface area contributed by atoms with E-state index in [-0.39, 0.29) is 19.0 Å². The Morgan fingerprint density at radius 2 is 2.08 bits per heavy atom. The maximum Gasteiger partial charge on any atom is 0.308 e. The van der Waals surface area contributed by atoms with Gasteiger partial charge in [-0.1, -0.05) is 6.92 Å². The Labute approximate surface area is 78.8 Å². The van der Waals surface area contributed by atoms with Crippen molar-refractivity contribution in [1.29, 1.82) is 0 Å². The van der Waals surface area contributed by atoms with E-state index >= 15 is 0 Å². The molecule has 0 heterocycles. The Morgan fingerprint density at radius 3 is 2.46 bits per heavy atom. The minimum atomic E-state index is -1.08. The van der Waals surface area contributed by atoms with Crippen molar-refractivity contribution in [3.8, 4) is 0 Å². The largest absolute Gasteiger partial charge is 0.466 e. The number of ether oxygens (including phenoxy) is 2. The fraction of sp³-hybridized carbons (Fsp3) is 0.889. The lowest BCUT2D eigenvalue weighted by Gasteiger charge is -2.24. The molecule has 0 aromatic rings. The number of carbonyl (C=O) groups excluding carboxylic acids is 1. The fourth-order valence-electron chi connectivity index (χ4n) is 1.03. The topological polar surface area (TPSA) is 55.8 Å². The van der Waals surface area contributed by atoms with Crippen LogP contribution < -0.4 is 0 Å². The predicted octanol–water partition coefficient (Wildman–Crippen LogP) is 0.727. The van der Waals surface area contributed by atoms with Crippen LogP contribution in [0.5, 0.6) is 0 Å². The third-order valence-electron chi connectivity index (χ3n) is 1.85. The van der Waals surface area contributed by atoms with Crippen molar-refractivity contribution in [2.45, 2.75) is 32.3 Å². The van der Waals surface area contributed by atoms with Gasteiger partial charge in [-0.3, -0.25) is 4.79 Å². The van der Waals surface area contributed by atoms with E-state index in [1.165, 1.54) is 7.11 Å². The summed E-state index contributed by atoms with van der Waals surface area (Å²) in [6, 6.07) is 0. The van der Waals surface area contributed by atoms with Gasteiger partial charge in [0.15, 0.2) is 0 Å². The highest BCUT2D eigenvalue weighted by molar-refractivity contribution is 5.70. The molecule has 0 aliphatic heterocycles. The molecule has 0 radical (unpaired) electrons. The average molecular weight is 190 g/mol. The fourth-order valence-corrected chi connectivity index (χ4v) is 1.03. The molecule has 0 rings (SSSR count). The molecule has 0 saturated heterocycles. The molecule has 0 saturated carbocycles. The molecular weight excluding hydrogens is 172 g/mol. The Balaban J connectivity index is 4.02. The SMILES string of the molecule is CCOC(=O)CC(O)(CC)COC. The van der Waals surface area contributed by atoms with Crippen LogP contribution in [0.4, 0.5) is 0 Å². The summed E-state index contributed by atoms with van der Waals surface area (Å²) >= 11 is 0. The Kier molecular flexibility index (Phi) is 5.66. The zero-order valence-electron chi connectivity index (χ0n) is 8.50. The minimum absolute atomic E-state index is 0.00875. The second-order valence-electron chi connectivity index (χ2n) is 2.99. The molecule has 4 heteroatoms. The number of hydrogen-bond donors (Lipinski definition) is 1. The molecule has 4 nitrogen and oxygen atoms in total. The molecule has 0 fully saturated rings. The van der Waals surface area contributed by atoms with E-state index in [9.17, 15) is 9.90 Å². The van der Waals surface area contributed by atoms with Gasteiger partial charge in [0.2, 0.25) is 0 Å². The van der Waals surface area contributed by atoms with Gasteiger partial charge >= 0.3 is 5.97 Å². The van der Waals surface area contributed by atoms with Gasteiger partial charge in [-0.2, -0.15) is 0 Å². The molecule has 0 amide bonds. The quantitative estimate of drug-likeness (QED) is 0.627. The van der Waals surface area contributed by atoms with E-state index in [1.54, 1.807) is 13.8 Å². The predicted molar refractivity (Wildman–Crippen MR) is 48.4 cm³/mol. The Bertz CT molecular complexity index is 158. The van der Waals surface area contributed by atoms with Gasteiger partial charge in [-0.15, -0.1) is 0 Å². The third kappa shape index (κ3) is 4.85. The van der Waals surface area contributed by atoms with Gasteiger partial charge in [0.1, 0.15) is 0 Å². The lowest BCUT2D eigenvalue weighted by molar-refractivity contribution is -0.151. The van der Waals surface area contributed by atoms with Gasteiger partial charge in [-0.05, 0) is 13.3 Å². The van der Waals surface area contributed by atoms with Gasteiger partial charge in [0.25, 0.3) is 0 Å². The third-order valence-corrected chi connectivity index (χ3v) is 1.85. The van der Waals surface area contributed by atoms with Crippen LogP contribution in [-0.2, 0) is 14.3 Å². The first kappa shape index (κ1) is 12.4. The van der Waals surface area contributed by atoms with Gasteiger partial charge < -0.3 is 14.6 Å². The number of carbonyl (C=O) groups is 1. The van der Waals surface area contributed by atoms with Crippen molar-refractivity contribution < 1.29 is 19.4 Å². The van der Waals surface area contributed by atoms with Crippen molar-refractivity contribution in [2.75, 3.05) is 20.3 Å². The van der Waals surface area contributed by atoms with E-state index in [4.69, 9.17) is 9.47 Å². The number of methoxy groups -OCH3 is 1. The summed E-state index contributed by atoms with van der Waals surface area (Å²) in [4.78, 5) is 11.1.